The van der Waals surface area contributed by atoms with Crippen LogP contribution in [0.2, 0.25) is 10.0 Å². The summed E-state index contributed by atoms with van der Waals surface area (Å²) in [6, 6.07) is 14.4. The van der Waals surface area contributed by atoms with Gasteiger partial charge < -0.3 is 24.4 Å². The Morgan fingerprint density at radius 1 is 0.907 bits per heavy atom. The van der Waals surface area contributed by atoms with E-state index in [1.807, 2.05) is 6.07 Å². The van der Waals surface area contributed by atoms with Crippen molar-refractivity contribution in [3.05, 3.63) is 81.0 Å². The molecule has 3 amide bonds. The fraction of sp³-hybridized carbons (Fsp3) is 0.375. The van der Waals surface area contributed by atoms with Crippen molar-refractivity contribution in [3.8, 4) is 23.3 Å². The maximum Gasteiger partial charge on any atom is 0.261 e. The molecule has 6 rings (SSSR count). The van der Waals surface area contributed by atoms with Gasteiger partial charge in [-0.3, -0.25) is 29.2 Å². The molecule has 282 valence electrons. The molecule has 1 aromatic heterocycles. The lowest BCUT2D eigenvalue weighted by atomic mass is 9.85. The molecule has 0 aliphatic carbocycles. The normalized spacial score (nSPS) is 14.6. The largest absolute Gasteiger partial charge is 0.495 e. The molecule has 1 fully saturated rings. The first-order valence-corrected chi connectivity index (χ1v) is 18.4. The summed E-state index contributed by atoms with van der Waals surface area (Å²) in [4.78, 5) is 48.9. The lowest BCUT2D eigenvalue weighted by molar-refractivity contribution is -0.133. The smallest absolute Gasteiger partial charge is 0.261 e. The third kappa shape index (κ3) is 8.04. The van der Waals surface area contributed by atoms with E-state index in [1.54, 1.807) is 48.4 Å². The number of anilines is 2. The summed E-state index contributed by atoms with van der Waals surface area (Å²) in [5.41, 5.74) is 3.53. The first kappa shape index (κ1) is 38.6. The topological polar surface area (TPSA) is 137 Å². The third-order valence-electron chi connectivity index (χ3n) is 9.76. The molecule has 0 saturated carbocycles. The molecule has 0 unspecified atom stereocenters. The zero-order valence-corrected chi connectivity index (χ0v) is 32.4. The molecule has 3 aromatic carbocycles. The number of rotatable bonds is 12. The quantitative estimate of drug-likeness (QED) is 0.118. The SMILES string of the molecule is COc1cc(Nc2c(C#N)cnc3cc(OCCCN4CCN(C(=O)CCN5C(=O)c6ccc(C(C)(C)C)cc6C5=O)CC4)c(OC)cc23)c(Cl)cc1Cl. The van der Waals surface area contributed by atoms with Crippen molar-refractivity contribution in [3.63, 3.8) is 0 Å². The molecule has 3 heterocycles. The Hall–Kier alpha value is -5.09. The van der Waals surface area contributed by atoms with Crippen molar-refractivity contribution in [2.24, 2.45) is 0 Å². The molecule has 54 heavy (non-hydrogen) atoms. The lowest BCUT2D eigenvalue weighted by Gasteiger charge is -2.35. The first-order chi connectivity index (χ1) is 25.8. The Kier molecular flexibility index (Phi) is 11.5. The molecule has 2 aliphatic heterocycles. The Labute approximate surface area is 324 Å². The van der Waals surface area contributed by atoms with Crippen LogP contribution in [-0.4, -0.2) is 97.5 Å². The summed E-state index contributed by atoms with van der Waals surface area (Å²) < 4.78 is 17.2. The van der Waals surface area contributed by atoms with Crippen LogP contribution in [-0.2, 0) is 10.2 Å². The average molecular weight is 774 g/mol. The van der Waals surface area contributed by atoms with E-state index in [-0.39, 0.29) is 36.1 Å². The predicted molar refractivity (Wildman–Crippen MR) is 208 cm³/mol. The molecule has 0 bridgehead atoms. The highest BCUT2D eigenvalue weighted by molar-refractivity contribution is 6.37. The Morgan fingerprint density at radius 3 is 2.31 bits per heavy atom. The monoisotopic (exact) mass is 772 g/mol. The highest BCUT2D eigenvalue weighted by atomic mass is 35.5. The van der Waals surface area contributed by atoms with Gasteiger partial charge in [-0.15, -0.1) is 0 Å². The number of ether oxygens (including phenoxy) is 3. The number of benzene rings is 3. The Bertz CT molecular complexity index is 2160. The number of halogens is 2. The summed E-state index contributed by atoms with van der Waals surface area (Å²) in [6.07, 6.45) is 2.31. The number of carbonyl (C=O) groups is 3. The predicted octanol–water partition coefficient (Wildman–Crippen LogP) is 7.07. The molecular formula is C40H42Cl2N6O6. The number of aromatic nitrogens is 1. The van der Waals surface area contributed by atoms with Crippen LogP contribution in [0.3, 0.4) is 0 Å². The maximum absolute atomic E-state index is 13.1. The molecule has 0 spiro atoms. The number of nitrogens with one attached hydrogen (secondary N) is 1. The minimum Gasteiger partial charge on any atom is -0.495 e. The number of fused-ring (bicyclic) bond motifs is 2. The second kappa shape index (κ2) is 16.1. The third-order valence-corrected chi connectivity index (χ3v) is 10.4. The van der Waals surface area contributed by atoms with E-state index >= 15 is 0 Å². The van der Waals surface area contributed by atoms with Gasteiger partial charge in [-0.2, -0.15) is 5.26 Å². The van der Waals surface area contributed by atoms with Gasteiger partial charge in [-0.25, -0.2) is 0 Å². The van der Waals surface area contributed by atoms with Crippen molar-refractivity contribution in [1.82, 2.24) is 19.7 Å². The Balaban J connectivity index is 1.000. The van der Waals surface area contributed by atoms with Crippen LogP contribution >= 0.6 is 23.2 Å². The minimum absolute atomic E-state index is 0.0601. The molecule has 2 aliphatic rings. The number of hydrogen-bond acceptors (Lipinski definition) is 10. The second-order valence-corrected chi connectivity index (χ2v) is 15.0. The van der Waals surface area contributed by atoms with Crippen molar-refractivity contribution in [1.29, 1.82) is 5.26 Å². The summed E-state index contributed by atoms with van der Waals surface area (Å²) in [7, 11) is 3.05. The fourth-order valence-electron chi connectivity index (χ4n) is 6.62. The first-order valence-electron chi connectivity index (χ1n) is 17.7. The summed E-state index contributed by atoms with van der Waals surface area (Å²) in [5, 5.41) is 14.5. The number of carbonyl (C=O) groups excluding carboxylic acids is 3. The number of methoxy groups -OCH3 is 2. The summed E-state index contributed by atoms with van der Waals surface area (Å²) in [5.74, 6) is 0.667. The van der Waals surface area contributed by atoms with Gasteiger partial charge in [0.25, 0.3) is 11.8 Å². The number of imide groups is 1. The van der Waals surface area contributed by atoms with Crippen molar-refractivity contribution >= 4 is 63.2 Å². The van der Waals surface area contributed by atoms with Crippen LogP contribution in [0.25, 0.3) is 10.9 Å². The zero-order valence-electron chi connectivity index (χ0n) is 30.9. The second-order valence-electron chi connectivity index (χ2n) is 14.2. The van der Waals surface area contributed by atoms with Crippen molar-refractivity contribution in [2.75, 3.05) is 65.4 Å². The van der Waals surface area contributed by atoms with Crippen LogP contribution in [0.15, 0.2) is 48.7 Å². The standard InChI is InChI=1S/C40H42Cl2N6O6/c1-40(2,3)25-7-8-26-27(17-25)39(51)48(38(26)50)11-9-36(49)47-14-12-46(13-15-47)10-6-16-54-35-20-31-28(18-34(35)53-5)37(24(22-43)23-44-31)45-32-21-33(52-4)30(42)19-29(32)41/h7-8,17-21,23H,6,9-16H2,1-5H3,(H,44,45). The number of nitriles is 1. The number of nitrogens with zero attached hydrogens (tertiary/aromatic N) is 5. The zero-order chi connectivity index (χ0) is 38.7. The molecule has 4 aromatic rings. The van der Waals surface area contributed by atoms with Gasteiger partial charge in [0, 0.05) is 69.4 Å². The molecule has 0 atom stereocenters. The number of pyridine rings is 1. The fourth-order valence-corrected chi connectivity index (χ4v) is 7.13. The van der Waals surface area contributed by atoms with Gasteiger partial charge in [0.15, 0.2) is 11.5 Å². The molecule has 0 radical (unpaired) electrons. The van der Waals surface area contributed by atoms with Gasteiger partial charge >= 0.3 is 0 Å². The van der Waals surface area contributed by atoms with E-state index in [4.69, 9.17) is 37.4 Å². The van der Waals surface area contributed by atoms with Gasteiger partial charge in [0.05, 0.1) is 64.5 Å². The van der Waals surface area contributed by atoms with E-state index in [0.717, 1.165) is 18.5 Å². The van der Waals surface area contributed by atoms with Crippen molar-refractivity contribution < 1.29 is 28.6 Å². The highest BCUT2D eigenvalue weighted by Crippen LogP contribution is 2.40. The van der Waals surface area contributed by atoms with Gasteiger partial charge in [0.1, 0.15) is 11.8 Å². The molecule has 1 N–H and O–H groups in total. The van der Waals surface area contributed by atoms with Crippen LogP contribution in [0.4, 0.5) is 11.4 Å². The molecule has 14 heteroatoms. The van der Waals surface area contributed by atoms with Crippen LogP contribution in [0, 0.1) is 11.3 Å². The van der Waals surface area contributed by atoms with Gasteiger partial charge in [-0.05, 0) is 41.7 Å². The average Bonchev–Trinajstić information content (AvgIpc) is 3.40. The van der Waals surface area contributed by atoms with E-state index in [1.165, 1.54) is 18.2 Å². The number of amides is 3. The molecular weight excluding hydrogens is 731 g/mol. The van der Waals surface area contributed by atoms with Crippen molar-refractivity contribution in [2.45, 2.75) is 39.0 Å². The summed E-state index contributed by atoms with van der Waals surface area (Å²) >= 11 is 12.7. The van der Waals surface area contributed by atoms with E-state index in [9.17, 15) is 19.6 Å². The molecule has 1 saturated heterocycles. The summed E-state index contributed by atoms with van der Waals surface area (Å²) in [6.45, 7) is 9.97. The maximum atomic E-state index is 13.1. The van der Waals surface area contributed by atoms with Crippen LogP contribution in [0.1, 0.15) is 65.5 Å². The van der Waals surface area contributed by atoms with E-state index in [0.29, 0.717) is 99.0 Å². The van der Waals surface area contributed by atoms with E-state index < -0.39 is 0 Å². The Morgan fingerprint density at radius 2 is 1.63 bits per heavy atom. The van der Waals surface area contributed by atoms with Gasteiger partial charge in [-0.1, -0.05) is 50.0 Å². The number of piperazine rings is 1. The van der Waals surface area contributed by atoms with E-state index in [2.05, 4.69) is 42.0 Å². The van der Waals surface area contributed by atoms with Crippen LogP contribution < -0.4 is 19.5 Å². The van der Waals surface area contributed by atoms with Gasteiger partial charge in [0.2, 0.25) is 5.91 Å². The lowest BCUT2D eigenvalue weighted by Crippen LogP contribution is -2.49. The molecule has 12 nitrogen and oxygen atoms in total. The number of hydrogen-bond donors (Lipinski definition) is 1. The minimum atomic E-state index is -0.344. The van der Waals surface area contributed by atoms with Crippen LogP contribution in [0.5, 0.6) is 17.2 Å². The highest BCUT2D eigenvalue weighted by Gasteiger charge is 2.37.